The first-order valence-corrected chi connectivity index (χ1v) is 8.91. The maximum atomic E-state index is 11.2. The van der Waals surface area contributed by atoms with Crippen LogP contribution < -0.4 is 15.8 Å². The van der Waals surface area contributed by atoms with Gasteiger partial charge in [0.25, 0.3) is 0 Å². The average molecular weight is 346 g/mol. The van der Waals surface area contributed by atoms with Crippen molar-refractivity contribution in [2.45, 2.75) is 32.6 Å². The van der Waals surface area contributed by atoms with Crippen LogP contribution in [-0.2, 0) is 11.2 Å². The summed E-state index contributed by atoms with van der Waals surface area (Å²) in [6.45, 7) is 4.66. The lowest BCUT2D eigenvalue weighted by atomic mass is 9.95. The molecule has 2 rings (SSSR count). The molecule has 1 amide bonds. The summed E-state index contributed by atoms with van der Waals surface area (Å²) >= 11 is 0. The second-order valence-electron chi connectivity index (χ2n) is 6.66. The van der Waals surface area contributed by atoms with Gasteiger partial charge < -0.3 is 20.7 Å². The fraction of sp³-hybridized carbons (Fsp3) is 0.579. The van der Waals surface area contributed by atoms with Crippen LogP contribution in [-0.4, -0.2) is 50.6 Å². The summed E-state index contributed by atoms with van der Waals surface area (Å²) in [6.07, 6.45) is 3.43. The number of piperidine rings is 1. The monoisotopic (exact) mass is 346 g/mol. The van der Waals surface area contributed by atoms with E-state index in [1.54, 1.807) is 14.2 Å². The minimum atomic E-state index is -0.221. The van der Waals surface area contributed by atoms with Gasteiger partial charge in [0.05, 0.1) is 7.11 Å². The van der Waals surface area contributed by atoms with Crippen LogP contribution in [0.25, 0.3) is 0 Å². The quantitative estimate of drug-likeness (QED) is 0.607. The van der Waals surface area contributed by atoms with Crippen molar-refractivity contribution < 1.29 is 9.53 Å². The molecule has 1 aromatic carbocycles. The van der Waals surface area contributed by atoms with Gasteiger partial charge in [0.2, 0.25) is 5.91 Å². The number of aliphatic imine (C=N–C) groups is 1. The molecule has 0 aromatic heterocycles. The van der Waals surface area contributed by atoms with Gasteiger partial charge in [-0.3, -0.25) is 9.79 Å². The maximum absolute atomic E-state index is 11.2. The van der Waals surface area contributed by atoms with Gasteiger partial charge >= 0.3 is 0 Å². The molecular weight excluding hydrogens is 316 g/mol. The zero-order valence-electron chi connectivity index (χ0n) is 15.5. The van der Waals surface area contributed by atoms with Gasteiger partial charge in [-0.15, -0.1) is 0 Å². The summed E-state index contributed by atoms with van der Waals surface area (Å²) in [7, 11) is 3.50. The first-order valence-electron chi connectivity index (χ1n) is 8.91. The number of hydrogen-bond donors (Lipinski definition) is 2. The lowest BCUT2D eigenvalue weighted by molar-refractivity contribution is -0.119. The van der Waals surface area contributed by atoms with E-state index in [9.17, 15) is 4.79 Å². The lowest BCUT2D eigenvalue weighted by Gasteiger charge is -2.34. The van der Waals surface area contributed by atoms with Crippen molar-refractivity contribution in [1.82, 2.24) is 10.2 Å². The summed E-state index contributed by atoms with van der Waals surface area (Å²) in [6, 6.07) is 6.23. The molecule has 25 heavy (non-hydrogen) atoms. The predicted octanol–water partition coefficient (Wildman–Crippen LogP) is 1.71. The van der Waals surface area contributed by atoms with E-state index >= 15 is 0 Å². The number of ether oxygens (including phenoxy) is 1. The van der Waals surface area contributed by atoms with Crippen molar-refractivity contribution in [2.75, 3.05) is 33.8 Å². The first-order chi connectivity index (χ1) is 12.0. The zero-order valence-corrected chi connectivity index (χ0v) is 15.5. The Kier molecular flexibility index (Phi) is 7.10. The summed E-state index contributed by atoms with van der Waals surface area (Å²) in [5, 5.41) is 3.44. The third-order valence-electron chi connectivity index (χ3n) is 4.63. The van der Waals surface area contributed by atoms with Crippen molar-refractivity contribution in [3.05, 3.63) is 29.3 Å². The summed E-state index contributed by atoms with van der Waals surface area (Å²) in [4.78, 5) is 17.8. The number of benzene rings is 1. The minimum Gasteiger partial charge on any atom is -0.496 e. The zero-order chi connectivity index (χ0) is 18.2. The van der Waals surface area contributed by atoms with Gasteiger partial charge in [0, 0.05) is 33.1 Å². The van der Waals surface area contributed by atoms with E-state index < -0.39 is 0 Å². The standard InChI is InChI=1S/C19H30N4O2/c1-14-6-7-17(25-3)16(11-14)8-9-22-19(21-2)23-10-4-5-15(13-23)12-18(20)24/h6-7,11,15H,4-5,8-10,12-13H2,1-3H3,(H2,20,24)(H,21,22). The molecule has 1 aliphatic rings. The van der Waals surface area contributed by atoms with Crippen LogP contribution in [0.1, 0.15) is 30.4 Å². The van der Waals surface area contributed by atoms with Gasteiger partial charge in [-0.25, -0.2) is 0 Å². The highest BCUT2D eigenvalue weighted by molar-refractivity contribution is 5.80. The van der Waals surface area contributed by atoms with Gasteiger partial charge in [-0.2, -0.15) is 0 Å². The minimum absolute atomic E-state index is 0.221. The van der Waals surface area contributed by atoms with Crippen LogP contribution >= 0.6 is 0 Å². The Morgan fingerprint density at radius 1 is 1.48 bits per heavy atom. The van der Waals surface area contributed by atoms with Crippen LogP contribution in [0.4, 0.5) is 0 Å². The smallest absolute Gasteiger partial charge is 0.217 e. The Hall–Kier alpha value is -2.24. The number of carbonyl (C=O) groups excluding carboxylic acids is 1. The molecule has 138 valence electrons. The number of rotatable bonds is 6. The van der Waals surface area contributed by atoms with E-state index in [0.717, 1.165) is 50.6 Å². The molecule has 6 nitrogen and oxygen atoms in total. The SMILES string of the molecule is CN=C(NCCc1cc(C)ccc1OC)N1CCCC(CC(N)=O)C1. The summed E-state index contributed by atoms with van der Waals surface area (Å²) in [5.74, 6) is 1.91. The fourth-order valence-electron chi connectivity index (χ4n) is 3.45. The Morgan fingerprint density at radius 3 is 2.96 bits per heavy atom. The number of amides is 1. The number of primary amides is 1. The molecule has 0 radical (unpaired) electrons. The molecule has 1 fully saturated rings. The van der Waals surface area contributed by atoms with Gasteiger partial charge in [0.15, 0.2) is 5.96 Å². The third-order valence-corrected chi connectivity index (χ3v) is 4.63. The number of guanidine groups is 1. The highest BCUT2D eigenvalue weighted by Gasteiger charge is 2.23. The van der Waals surface area contributed by atoms with E-state index in [2.05, 4.69) is 34.3 Å². The molecule has 0 saturated carbocycles. The molecule has 1 unspecified atom stereocenters. The average Bonchev–Trinajstić information content (AvgIpc) is 2.58. The van der Waals surface area contributed by atoms with E-state index in [-0.39, 0.29) is 5.91 Å². The highest BCUT2D eigenvalue weighted by Crippen LogP contribution is 2.21. The van der Waals surface area contributed by atoms with Gasteiger partial charge in [-0.1, -0.05) is 17.7 Å². The van der Waals surface area contributed by atoms with E-state index in [1.165, 1.54) is 11.1 Å². The molecule has 1 saturated heterocycles. The van der Waals surface area contributed by atoms with Crippen molar-refractivity contribution in [1.29, 1.82) is 0 Å². The molecule has 1 heterocycles. The molecule has 0 spiro atoms. The maximum Gasteiger partial charge on any atom is 0.217 e. The molecule has 1 aliphatic heterocycles. The molecule has 1 aromatic rings. The number of nitrogens with zero attached hydrogens (tertiary/aromatic N) is 2. The molecule has 1 atom stereocenters. The topological polar surface area (TPSA) is 80.0 Å². The van der Waals surface area contributed by atoms with Crippen molar-refractivity contribution in [3.8, 4) is 5.75 Å². The summed E-state index contributed by atoms with van der Waals surface area (Å²) < 4.78 is 5.44. The molecule has 6 heteroatoms. The van der Waals surface area contributed by atoms with Gasteiger partial charge in [0.1, 0.15) is 5.75 Å². The molecule has 3 N–H and O–H groups in total. The Balaban J connectivity index is 1.90. The number of nitrogens with one attached hydrogen (secondary N) is 1. The third kappa shape index (κ3) is 5.66. The number of methoxy groups -OCH3 is 1. The van der Waals surface area contributed by atoms with Crippen LogP contribution in [0, 0.1) is 12.8 Å². The Morgan fingerprint density at radius 2 is 2.28 bits per heavy atom. The summed E-state index contributed by atoms with van der Waals surface area (Å²) in [5.41, 5.74) is 7.76. The van der Waals surface area contributed by atoms with E-state index in [0.29, 0.717) is 12.3 Å². The second kappa shape index (κ2) is 9.30. The number of aryl methyl sites for hydroxylation is 1. The largest absolute Gasteiger partial charge is 0.496 e. The van der Waals surface area contributed by atoms with Crippen LogP contribution in [0.15, 0.2) is 23.2 Å². The van der Waals surface area contributed by atoms with Gasteiger partial charge in [-0.05, 0) is 43.7 Å². The molecule has 0 aliphatic carbocycles. The second-order valence-corrected chi connectivity index (χ2v) is 6.66. The van der Waals surface area contributed by atoms with E-state index in [4.69, 9.17) is 10.5 Å². The van der Waals surface area contributed by atoms with Crippen LogP contribution in [0.2, 0.25) is 0 Å². The normalized spacial score (nSPS) is 18.1. The first kappa shape index (κ1) is 19.1. The van der Waals surface area contributed by atoms with E-state index in [1.807, 2.05) is 6.07 Å². The molecular formula is C19H30N4O2. The Bertz CT molecular complexity index is 615. The number of hydrogen-bond acceptors (Lipinski definition) is 3. The Labute approximate surface area is 150 Å². The predicted molar refractivity (Wildman–Crippen MR) is 101 cm³/mol. The van der Waals surface area contributed by atoms with Crippen LogP contribution in [0.5, 0.6) is 5.75 Å². The highest BCUT2D eigenvalue weighted by atomic mass is 16.5. The number of nitrogens with two attached hydrogens (primary N) is 1. The fourth-order valence-corrected chi connectivity index (χ4v) is 3.45. The number of carbonyl (C=O) groups is 1. The van der Waals surface area contributed by atoms with Crippen molar-refractivity contribution in [3.63, 3.8) is 0 Å². The van der Waals surface area contributed by atoms with Crippen molar-refractivity contribution in [2.24, 2.45) is 16.6 Å². The van der Waals surface area contributed by atoms with Crippen molar-refractivity contribution >= 4 is 11.9 Å². The number of likely N-dealkylation sites (tertiary alicyclic amines) is 1. The van der Waals surface area contributed by atoms with Crippen LogP contribution in [0.3, 0.4) is 0 Å². The molecule has 0 bridgehead atoms. The lowest BCUT2D eigenvalue weighted by Crippen LogP contribution is -2.47.